The zero-order valence-corrected chi connectivity index (χ0v) is 8.27. The summed E-state index contributed by atoms with van der Waals surface area (Å²) in [5.41, 5.74) is 0.779. The van der Waals surface area contributed by atoms with Crippen LogP contribution in [0.2, 0.25) is 10.3 Å². The highest BCUT2D eigenvalue weighted by Gasteiger charge is 2.01. The molecule has 0 aliphatic heterocycles. The molecule has 0 saturated heterocycles. The molecule has 1 aromatic heterocycles. The lowest BCUT2D eigenvalue weighted by Gasteiger charge is -2.02. The molecule has 0 amide bonds. The molecule has 0 N–H and O–H groups in total. The fraction of sp³-hybridized carbons (Fsp3) is 0.222. The molecule has 0 aliphatic rings. The van der Waals surface area contributed by atoms with Crippen molar-refractivity contribution in [3.63, 3.8) is 0 Å². The zero-order chi connectivity index (χ0) is 9.68. The van der Waals surface area contributed by atoms with Gasteiger partial charge >= 0.3 is 0 Å². The van der Waals surface area contributed by atoms with Gasteiger partial charge in [0.1, 0.15) is 16.9 Å². The number of terminal acetylenes is 1. The van der Waals surface area contributed by atoms with Crippen LogP contribution in [0.3, 0.4) is 0 Å². The van der Waals surface area contributed by atoms with Crippen molar-refractivity contribution in [3.05, 3.63) is 28.0 Å². The summed E-state index contributed by atoms with van der Waals surface area (Å²) in [6.07, 6.45) is 5.01. The van der Waals surface area contributed by atoms with E-state index in [1.165, 1.54) is 0 Å². The number of hydrogen-bond acceptors (Lipinski definition) is 2. The Bertz CT molecular complexity index is 333. The summed E-state index contributed by atoms with van der Waals surface area (Å²) in [7, 11) is 0. The van der Waals surface area contributed by atoms with Crippen molar-refractivity contribution < 1.29 is 4.74 Å². The van der Waals surface area contributed by atoms with E-state index in [4.69, 9.17) is 34.4 Å². The third-order valence-corrected chi connectivity index (χ3v) is 1.87. The molecule has 1 aromatic rings. The number of hydrogen-bond donors (Lipinski definition) is 0. The predicted octanol–water partition coefficient (Wildman–Crippen LogP) is 2.54. The molecule has 1 rings (SSSR count). The SMILES string of the molecule is C#CCOCc1ccc(Cl)nc1Cl. The van der Waals surface area contributed by atoms with E-state index in [2.05, 4.69) is 10.9 Å². The van der Waals surface area contributed by atoms with Crippen LogP contribution in [0, 0.1) is 12.3 Å². The normalized spacial score (nSPS) is 9.62. The minimum atomic E-state index is 0.263. The Kier molecular flexibility index (Phi) is 4.04. The van der Waals surface area contributed by atoms with E-state index in [-0.39, 0.29) is 6.61 Å². The zero-order valence-electron chi connectivity index (χ0n) is 6.76. The van der Waals surface area contributed by atoms with Crippen molar-refractivity contribution in [1.29, 1.82) is 0 Å². The number of halogens is 2. The van der Waals surface area contributed by atoms with Gasteiger partial charge in [-0.1, -0.05) is 35.2 Å². The summed E-state index contributed by atoms with van der Waals surface area (Å²) in [6, 6.07) is 3.41. The summed E-state index contributed by atoms with van der Waals surface area (Å²) >= 11 is 11.4. The number of ether oxygens (including phenoxy) is 1. The maximum Gasteiger partial charge on any atom is 0.136 e. The number of aromatic nitrogens is 1. The van der Waals surface area contributed by atoms with Crippen LogP contribution in [0.5, 0.6) is 0 Å². The lowest BCUT2D eigenvalue weighted by molar-refractivity contribution is 0.153. The maximum absolute atomic E-state index is 5.78. The monoisotopic (exact) mass is 215 g/mol. The van der Waals surface area contributed by atoms with Crippen molar-refractivity contribution in [1.82, 2.24) is 4.98 Å². The smallest absolute Gasteiger partial charge is 0.136 e. The molecule has 13 heavy (non-hydrogen) atoms. The van der Waals surface area contributed by atoms with E-state index in [9.17, 15) is 0 Å². The highest BCUT2D eigenvalue weighted by atomic mass is 35.5. The highest BCUT2D eigenvalue weighted by Crippen LogP contribution is 2.17. The number of nitrogens with zero attached hydrogens (tertiary/aromatic N) is 1. The molecule has 0 aromatic carbocycles. The van der Waals surface area contributed by atoms with Gasteiger partial charge in [-0.15, -0.1) is 6.42 Å². The van der Waals surface area contributed by atoms with Crippen LogP contribution in [0.25, 0.3) is 0 Å². The van der Waals surface area contributed by atoms with E-state index in [1.807, 2.05) is 0 Å². The van der Waals surface area contributed by atoms with Gasteiger partial charge in [0.15, 0.2) is 0 Å². The molecule has 68 valence electrons. The van der Waals surface area contributed by atoms with Crippen molar-refractivity contribution in [3.8, 4) is 12.3 Å². The highest BCUT2D eigenvalue weighted by molar-refractivity contribution is 6.32. The third-order valence-electron chi connectivity index (χ3n) is 1.33. The summed E-state index contributed by atoms with van der Waals surface area (Å²) in [4.78, 5) is 3.85. The Morgan fingerprint density at radius 3 is 2.85 bits per heavy atom. The van der Waals surface area contributed by atoms with Gasteiger partial charge in [0.25, 0.3) is 0 Å². The Morgan fingerprint density at radius 1 is 1.46 bits per heavy atom. The van der Waals surface area contributed by atoms with Crippen molar-refractivity contribution >= 4 is 23.2 Å². The van der Waals surface area contributed by atoms with E-state index < -0.39 is 0 Å². The van der Waals surface area contributed by atoms with Gasteiger partial charge in [0, 0.05) is 5.56 Å². The lowest BCUT2D eigenvalue weighted by Crippen LogP contribution is -1.95. The Balaban J connectivity index is 2.62. The van der Waals surface area contributed by atoms with Crippen LogP contribution in [-0.2, 0) is 11.3 Å². The van der Waals surface area contributed by atoms with Crippen molar-refractivity contribution in [2.45, 2.75) is 6.61 Å². The average molecular weight is 216 g/mol. The van der Waals surface area contributed by atoms with Gasteiger partial charge in [-0.3, -0.25) is 0 Å². The van der Waals surface area contributed by atoms with E-state index in [0.29, 0.717) is 16.9 Å². The van der Waals surface area contributed by atoms with Gasteiger partial charge in [0.2, 0.25) is 0 Å². The summed E-state index contributed by atoms with van der Waals surface area (Å²) in [5.74, 6) is 2.36. The van der Waals surface area contributed by atoms with Gasteiger partial charge < -0.3 is 4.74 Å². The Morgan fingerprint density at radius 2 is 2.23 bits per heavy atom. The second-order valence-electron chi connectivity index (χ2n) is 2.28. The van der Waals surface area contributed by atoms with Crippen LogP contribution in [0.1, 0.15) is 5.56 Å². The molecule has 0 radical (unpaired) electrons. The molecular formula is C9H7Cl2NO. The molecule has 0 saturated carbocycles. The molecule has 0 unspecified atom stereocenters. The van der Waals surface area contributed by atoms with Crippen LogP contribution >= 0.6 is 23.2 Å². The standard InChI is InChI=1S/C9H7Cl2NO/c1-2-5-13-6-7-3-4-8(10)12-9(7)11/h1,3-4H,5-6H2. The minimum Gasteiger partial charge on any atom is -0.364 e. The largest absolute Gasteiger partial charge is 0.364 e. The molecule has 2 nitrogen and oxygen atoms in total. The van der Waals surface area contributed by atoms with Gasteiger partial charge in [-0.05, 0) is 6.07 Å². The first kappa shape index (κ1) is 10.3. The fourth-order valence-corrected chi connectivity index (χ4v) is 1.17. The van der Waals surface area contributed by atoms with Crippen molar-refractivity contribution in [2.24, 2.45) is 0 Å². The average Bonchev–Trinajstić information content (AvgIpc) is 2.09. The molecular weight excluding hydrogens is 209 g/mol. The second kappa shape index (κ2) is 5.08. The lowest BCUT2D eigenvalue weighted by atomic mass is 10.3. The van der Waals surface area contributed by atoms with Crippen LogP contribution < -0.4 is 0 Å². The molecule has 1 heterocycles. The van der Waals surface area contributed by atoms with Crippen LogP contribution in [0.15, 0.2) is 12.1 Å². The summed E-state index contributed by atoms with van der Waals surface area (Å²) in [6.45, 7) is 0.617. The summed E-state index contributed by atoms with van der Waals surface area (Å²) in [5, 5.41) is 0.718. The van der Waals surface area contributed by atoms with E-state index in [1.54, 1.807) is 12.1 Å². The Hall–Kier alpha value is -0.750. The first-order valence-corrected chi connectivity index (χ1v) is 4.31. The third kappa shape index (κ3) is 3.23. The summed E-state index contributed by atoms with van der Waals surface area (Å²) < 4.78 is 5.09. The Labute approximate surface area is 86.8 Å². The number of pyridine rings is 1. The maximum atomic E-state index is 5.78. The predicted molar refractivity (Wildman–Crippen MR) is 52.7 cm³/mol. The molecule has 0 atom stereocenters. The fourth-order valence-electron chi connectivity index (χ4n) is 0.769. The molecule has 0 spiro atoms. The van der Waals surface area contributed by atoms with Gasteiger partial charge in [-0.2, -0.15) is 0 Å². The van der Waals surface area contributed by atoms with Crippen LogP contribution in [0.4, 0.5) is 0 Å². The molecule has 0 bridgehead atoms. The van der Waals surface area contributed by atoms with Gasteiger partial charge in [-0.25, -0.2) is 4.98 Å². The quantitative estimate of drug-likeness (QED) is 0.440. The minimum absolute atomic E-state index is 0.263. The van der Waals surface area contributed by atoms with E-state index in [0.717, 1.165) is 5.56 Å². The number of rotatable bonds is 3. The van der Waals surface area contributed by atoms with Crippen molar-refractivity contribution in [2.75, 3.05) is 6.61 Å². The van der Waals surface area contributed by atoms with Gasteiger partial charge in [0.05, 0.1) is 6.61 Å². The first-order chi connectivity index (χ1) is 6.24. The van der Waals surface area contributed by atoms with E-state index >= 15 is 0 Å². The topological polar surface area (TPSA) is 22.1 Å². The first-order valence-electron chi connectivity index (χ1n) is 3.56. The molecule has 4 heteroatoms. The second-order valence-corrected chi connectivity index (χ2v) is 3.03. The van der Waals surface area contributed by atoms with Crippen LogP contribution in [-0.4, -0.2) is 11.6 Å². The molecule has 0 aliphatic carbocycles. The molecule has 0 fully saturated rings.